The molecule has 0 saturated heterocycles. The van der Waals surface area contributed by atoms with Gasteiger partial charge in [0, 0.05) is 23.9 Å². The molecule has 0 amide bonds. The van der Waals surface area contributed by atoms with E-state index in [0.29, 0.717) is 6.04 Å². The van der Waals surface area contributed by atoms with Gasteiger partial charge in [0.05, 0.1) is 5.69 Å². The zero-order chi connectivity index (χ0) is 14.3. The van der Waals surface area contributed by atoms with Crippen LogP contribution in [0.25, 0.3) is 5.52 Å². The SMILES string of the molecule is CC(Nc1nccn2nc(C(C)(C)C)cc12)C1CCC1. The molecule has 108 valence electrons. The van der Waals surface area contributed by atoms with Crippen LogP contribution in [-0.2, 0) is 5.41 Å². The van der Waals surface area contributed by atoms with Crippen molar-refractivity contribution in [3.8, 4) is 0 Å². The number of nitrogens with zero attached hydrogens (tertiary/aromatic N) is 3. The van der Waals surface area contributed by atoms with Gasteiger partial charge in [-0.2, -0.15) is 5.10 Å². The van der Waals surface area contributed by atoms with Crippen molar-refractivity contribution < 1.29 is 0 Å². The summed E-state index contributed by atoms with van der Waals surface area (Å²) < 4.78 is 1.93. The summed E-state index contributed by atoms with van der Waals surface area (Å²) in [6.07, 6.45) is 7.79. The molecule has 0 spiro atoms. The van der Waals surface area contributed by atoms with Crippen molar-refractivity contribution in [1.82, 2.24) is 14.6 Å². The molecule has 1 aliphatic carbocycles. The minimum atomic E-state index is 0.0584. The predicted molar refractivity (Wildman–Crippen MR) is 82.1 cm³/mol. The average Bonchev–Trinajstić information content (AvgIpc) is 2.70. The lowest BCUT2D eigenvalue weighted by Gasteiger charge is -2.32. The predicted octanol–water partition coefficient (Wildman–Crippen LogP) is 3.63. The molecule has 0 aromatic carbocycles. The first kappa shape index (κ1) is 13.4. The van der Waals surface area contributed by atoms with Crippen LogP contribution in [0.5, 0.6) is 0 Å². The van der Waals surface area contributed by atoms with E-state index in [2.05, 4.69) is 49.2 Å². The van der Waals surface area contributed by atoms with E-state index in [9.17, 15) is 0 Å². The maximum Gasteiger partial charge on any atom is 0.152 e. The van der Waals surface area contributed by atoms with Gasteiger partial charge in [-0.15, -0.1) is 0 Å². The van der Waals surface area contributed by atoms with E-state index >= 15 is 0 Å². The van der Waals surface area contributed by atoms with Crippen LogP contribution in [0.15, 0.2) is 18.5 Å². The third-order valence-electron chi connectivity index (χ3n) is 4.38. The second kappa shape index (κ2) is 4.76. The number of hydrogen-bond acceptors (Lipinski definition) is 3. The Morgan fingerprint density at radius 3 is 2.70 bits per heavy atom. The maximum atomic E-state index is 4.67. The van der Waals surface area contributed by atoms with Crippen LogP contribution in [0.4, 0.5) is 5.82 Å². The van der Waals surface area contributed by atoms with Crippen molar-refractivity contribution in [3.05, 3.63) is 24.2 Å². The van der Waals surface area contributed by atoms with Crippen molar-refractivity contribution >= 4 is 11.3 Å². The van der Waals surface area contributed by atoms with Gasteiger partial charge in [0.2, 0.25) is 0 Å². The van der Waals surface area contributed by atoms with Gasteiger partial charge in [-0.25, -0.2) is 9.50 Å². The first-order valence-electron chi connectivity index (χ1n) is 7.56. The number of anilines is 1. The Bertz CT molecular complexity index is 604. The first-order chi connectivity index (χ1) is 9.45. The molecule has 1 fully saturated rings. The maximum absolute atomic E-state index is 4.67. The molecule has 0 radical (unpaired) electrons. The molecule has 0 aliphatic heterocycles. The van der Waals surface area contributed by atoms with Crippen LogP contribution in [0.1, 0.15) is 52.7 Å². The molecular weight excluding hydrogens is 248 g/mol. The summed E-state index contributed by atoms with van der Waals surface area (Å²) >= 11 is 0. The largest absolute Gasteiger partial charge is 0.366 e. The van der Waals surface area contributed by atoms with Crippen LogP contribution in [0.2, 0.25) is 0 Å². The fraction of sp³-hybridized carbons (Fsp3) is 0.625. The number of hydrogen-bond donors (Lipinski definition) is 1. The van der Waals surface area contributed by atoms with Crippen molar-refractivity contribution in [1.29, 1.82) is 0 Å². The van der Waals surface area contributed by atoms with Crippen molar-refractivity contribution in [2.45, 2.75) is 58.4 Å². The quantitative estimate of drug-likeness (QED) is 0.927. The van der Waals surface area contributed by atoms with Gasteiger partial charge < -0.3 is 5.32 Å². The van der Waals surface area contributed by atoms with Gasteiger partial charge in [-0.3, -0.25) is 0 Å². The Balaban J connectivity index is 1.92. The molecule has 1 atom stereocenters. The lowest BCUT2D eigenvalue weighted by atomic mass is 9.80. The highest BCUT2D eigenvalue weighted by molar-refractivity contribution is 5.68. The third-order valence-corrected chi connectivity index (χ3v) is 4.38. The molecule has 4 nitrogen and oxygen atoms in total. The van der Waals surface area contributed by atoms with Crippen LogP contribution in [0, 0.1) is 5.92 Å². The number of rotatable bonds is 3. The average molecular weight is 272 g/mol. The van der Waals surface area contributed by atoms with Crippen LogP contribution < -0.4 is 5.32 Å². The van der Waals surface area contributed by atoms with Crippen molar-refractivity contribution in [3.63, 3.8) is 0 Å². The summed E-state index contributed by atoms with van der Waals surface area (Å²) in [5.41, 5.74) is 2.23. The minimum Gasteiger partial charge on any atom is -0.366 e. The van der Waals surface area contributed by atoms with E-state index in [1.807, 2.05) is 16.9 Å². The summed E-state index contributed by atoms with van der Waals surface area (Å²) in [5.74, 6) is 1.75. The van der Waals surface area contributed by atoms with E-state index in [4.69, 9.17) is 0 Å². The standard InChI is InChI=1S/C16H24N4/c1-11(12-6-5-7-12)18-15-13-10-14(16(2,3)4)19-20(13)9-8-17-15/h8-12H,5-7H2,1-4H3,(H,17,18). The number of aromatic nitrogens is 3. The van der Waals surface area contributed by atoms with Gasteiger partial charge in [0.25, 0.3) is 0 Å². The lowest BCUT2D eigenvalue weighted by Crippen LogP contribution is -2.31. The fourth-order valence-electron chi connectivity index (χ4n) is 2.67. The molecule has 4 heteroatoms. The summed E-state index contributed by atoms with van der Waals surface area (Å²) in [5, 5.41) is 8.25. The summed E-state index contributed by atoms with van der Waals surface area (Å²) in [6, 6.07) is 2.64. The van der Waals surface area contributed by atoms with E-state index in [0.717, 1.165) is 22.9 Å². The smallest absolute Gasteiger partial charge is 0.152 e. The Labute approximate surface area is 120 Å². The van der Waals surface area contributed by atoms with Crippen molar-refractivity contribution in [2.24, 2.45) is 5.92 Å². The second-order valence-electron chi connectivity index (χ2n) is 7.01. The van der Waals surface area contributed by atoms with Gasteiger partial charge in [-0.1, -0.05) is 27.2 Å². The molecule has 20 heavy (non-hydrogen) atoms. The summed E-state index contributed by atoms with van der Waals surface area (Å²) in [4.78, 5) is 4.51. The molecule has 1 aliphatic rings. The highest BCUT2D eigenvalue weighted by atomic mass is 15.2. The van der Waals surface area contributed by atoms with E-state index in [-0.39, 0.29) is 5.41 Å². The second-order valence-corrected chi connectivity index (χ2v) is 7.01. The summed E-state index contributed by atoms with van der Waals surface area (Å²) in [6.45, 7) is 8.82. The molecular formula is C16H24N4. The minimum absolute atomic E-state index is 0.0584. The molecule has 1 unspecified atom stereocenters. The zero-order valence-corrected chi connectivity index (χ0v) is 12.8. The Hall–Kier alpha value is -1.58. The van der Waals surface area contributed by atoms with E-state index in [1.165, 1.54) is 19.3 Å². The third kappa shape index (κ3) is 2.39. The monoisotopic (exact) mass is 272 g/mol. The first-order valence-corrected chi connectivity index (χ1v) is 7.56. The van der Waals surface area contributed by atoms with Crippen LogP contribution in [0.3, 0.4) is 0 Å². The highest BCUT2D eigenvalue weighted by Gasteiger charge is 2.25. The lowest BCUT2D eigenvalue weighted by molar-refractivity contribution is 0.285. The van der Waals surface area contributed by atoms with Gasteiger partial charge in [0.15, 0.2) is 5.82 Å². The Morgan fingerprint density at radius 1 is 1.35 bits per heavy atom. The Morgan fingerprint density at radius 2 is 2.10 bits per heavy atom. The van der Waals surface area contributed by atoms with Crippen LogP contribution in [-0.4, -0.2) is 20.6 Å². The molecule has 1 N–H and O–H groups in total. The van der Waals surface area contributed by atoms with Crippen molar-refractivity contribution in [2.75, 3.05) is 5.32 Å². The normalized spacial score (nSPS) is 18.0. The number of fused-ring (bicyclic) bond motifs is 1. The molecule has 2 heterocycles. The van der Waals surface area contributed by atoms with E-state index in [1.54, 1.807) is 0 Å². The molecule has 2 aromatic rings. The van der Waals surface area contributed by atoms with E-state index < -0.39 is 0 Å². The highest BCUT2D eigenvalue weighted by Crippen LogP contribution is 2.32. The molecule has 1 saturated carbocycles. The number of nitrogens with one attached hydrogen (secondary N) is 1. The zero-order valence-electron chi connectivity index (χ0n) is 12.8. The fourth-order valence-corrected chi connectivity index (χ4v) is 2.67. The topological polar surface area (TPSA) is 42.2 Å². The summed E-state index contributed by atoms with van der Waals surface area (Å²) in [7, 11) is 0. The van der Waals surface area contributed by atoms with Gasteiger partial charge in [0.1, 0.15) is 5.52 Å². The Kier molecular flexibility index (Phi) is 3.19. The molecule has 2 aromatic heterocycles. The molecule has 0 bridgehead atoms. The molecule has 3 rings (SSSR count). The van der Waals surface area contributed by atoms with Crippen LogP contribution >= 0.6 is 0 Å². The van der Waals surface area contributed by atoms with Gasteiger partial charge in [-0.05, 0) is 31.7 Å². The van der Waals surface area contributed by atoms with Gasteiger partial charge >= 0.3 is 0 Å².